The van der Waals surface area contributed by atoms with E-state index in [-0.39, 0.29) is 0 Å². The fraction of sp³-hybridized carbons (Fsp3) is 0.125. The van der Waals surface area contributed by atoms with E-state index >= 15 is 0 Å². The van der Waals surface area contributed by atoms with E-state index in [9.17, 15) is 0 Å². The monoisotopic (exact) mass is 292 g/mol. The summed E-state index contributed by atoms with van der Waals surface area (Å²) in [5.74, 6) is 1.71. The smallest absolute Gasteiger partial charge is 0.239 e. The first kappa shape index (κ1) is 12.7. The van der Waals surface area contributed by atoms with Gasteiger partial charge in [0.25, 0.3) is 0 Å². The summed E-state index contributed by atoms with van der Waals surface area (Å²) in [5.41, 5.74) is 0.739. The highest BCUT2D eigenvalue weighted by Gasteiger charge is 2.10. The van der Waals surface area contributed by atoms with Gasteiger partial charge in [0.2, 0.25) is 24.3 Å². The van der Waals surface area contributed by atoms with Crippen LogP contribution in [0.2, 0.25) is 0 Å². The summed E-state index contributed by atoms with van der Waals surface area (Å²) in [6.45, 7) is 0. The van der Waals surface area contributed by atoms with Crippen LogP contribution >= 0.6 is 0 Å². The maximum absolute atomic E-state index is 4.67. The van der Waals surface area contributed by atoms with E-state index in [2.05, 4.69) is 9.97 Å². The van der Waals surface area contributed by atoms with Crippen LogP contribution < -0.4 is 9.13 Å². The summed E-state index contributed by atoms with van der Waals surface area (Å²) >= 11 is 0. The second kappa shape index (κ2) is 4.77. The number of fused-ring (bicyclic) bond motifs is 1. The average molecular weight is 292 g/mol. The van der Waals surface area contributed by atoms with Crippen LogP contribution in [0.1, 0.15) is 0 Å². The van der Waals surface area contributed by atoms with Gasteiger partial charge in [-0.15, -0.1) is 0 Å². The molecular formula is C16H16N6+2. The third kappa shape index (κ3) is 2.14. The molecule has 0 aromatic carbocycles. The van der Waals surface area contributed by atoms with Crippen molar-refractivity contribution in [3.05, 3.63) is 61.7 Å². The predicted octanol–water partition coefficient (Wildman–Crippen LogP) is 0.860. The maximum Gasteiger partial charge on any atom is 0.250 e. The summed E-state index contributed by atoms with van der Waals surface area (Å²) in [7, 11) is 3.97. The van der Waals surface area contributed by atoms with E-state index in [1.807, 2.05) is 94.1 Å². The Morgan fingerprint density at radius 1 is 0.773 bits per heavy atom. The summed E-state index contributed by atoms with van der Waals surface area (Å²) in [4.78, 5) is 9.34. The van der Waals surface area contributed by atoms with Gasteiger partial charge < -0.3 is 0 Å². The maximum atomic E-state index is 4.67. The standard InChI is InChI=1S/C16H16N6/c1-19-7-9-21(11-19)14-5-3-13-4-6-15(18-16(13)17-14)22-10-8-20(2)12-22/h3-12H,1-2H3/q+2. The van der Waals surface area contributed by atoms with E-state index in [1.54, 1.807) is 0 Å². The molecular weight excluding hydrogens is 276 g/mol. The molecule has 0 N–H and O–H groups in total. The van der Waals surface area contributed by atoms with Crippen molar-refractivity contribution in [1.29, 1.82) is 0 Å². The molecule has 0 atom stereocenters. The van der Waals surface area contributed by atoms with Gasteiger partial charge in [-0.3, -0.25) is 0 Å². The number of imidazole rings is 2. The van der Waals surface area contributed by atoms with Gasteiger partial charge in [-0.25, -0.2) is 9.13 Å². The molecule has 0 aliphatic rings. The topological polar surface area (TPSA) is 43.4 Å². The first-order valence-electron chi connectivity index (χ1n) is 7.04. The third-order valence-electron chi connectivity index (χ3n) is 3.59. The lowest BCUT2D eigenvalue weighted by Gasteiger charge is -2.00. The quantitative estimate of drug-likeness (QED) is 0.514. The Kier molecular flexibility index (Phi) is 2.75. The van der Waals surface area contributed by atoms with Gasteiger partial charge in [-0.1, -0.05) is 0 Å². The van der Waals surface area contributed by atoms with Gasteiger partial charge in [0, 0.05) is 17.5 Å². The first-order valence-corrected chi connectivity index (χ1v) is 7.04. The predicted molar refractivity (Wildman–Crippen MR) is 80.5 cm³/mol. The number of pyridine rings is 2. The lowest BCUT2D eigenvalue weighted by Crippen LogP contribution is -2.23. The Morgan fingerprint density at radius 3 is 1.68 bits per heavy atom. The fourth-order valence-corrected chi connectivity index (χ4v) is 2.44. The molecule has 4 aromatic rings. The molecule has 0 saturated heterocycles. The highest BCUT2D eigenvalue weighted by Crippen LogP contribution is 2.15. The lowest BCUT2D eigenvalue weighted by molar-refractivity contribution is -0.670. The molecule has 0 saturated carbocycles. The van der Waals surface area contributed by atoms with Crippen molar-refractivity contribution in [3.63, 3.8) is 0 Å². The Hall–Kier alpha value is -3.02. The number of hydrogen-bond acceptors (Lipinski definition) is 2. The second-order valence-corrected chi connectivity index (χ2v) is 5.36. The number of aryl methyl sites for hydroxylation is 2. The van der Waals surface area contributed by atoms with Crippen molar-refractivity contribution in [3.8, 4) is 11.6 Å². The Balaban J connectivity index is 1.84. The zero-order valence-corrected chi connectivity index (χ0v) is 12.5. The van der Waals surface area contributed by atoms with E-state index in [4.69, 9.17) is 0 Å². The molecule has 6 heteroatoms. The molecule has 0 aliphatic carbocycles. The SMILES string of the molecule is C[n+]1ccn(-c2ccc3ccc(-n4cc[n+](C)c4)nc3n2)c1. The van der Waals surface area contributed by atoms with E-state index in [0.717, 1.165) is 22.7 Å². The molecule has 4 heterocycles. The first-order chi connectivity index (χ1) is 10.7. The zero-order valence-electron chi connectivity index (χ0n) is 12.5. The normalized spacial score (nSPS) is 11.2. The summed E-state index contributed by atoms with van der Waals surface area (Å²) in [6, 6.07) is 8.09. The minimum absolute atomic E-state index is 0.739. The highest BCUT2D eigenvalue weighted by molar-refractivity contribution is 5.76. The van der Waals surface area contributed by atoms with Crippen LogP contribution in [-0.2, 0) is 14.1 Å². The zero-order chi connectivity index (χ0) is 15.1. The van der Waals surface area contributed by atoms with Gasteiger partial charge in [-0.2, -0.15) is 19.1 Å². The van der Waals surface area contributed by atoms with Crippen molar-refractivity contribution in [2.24, 2.45) is 14.1 Å². The molecule has 0 amide bonds. The van der Waals surface area contributed by atoms with Crippen LogP contribution in [0.3, 0.4) is 0 Å². The molecule has 0 bridgehead atoms. The van der Waals surface area contributed by atoms with Crippen LogP contribution in [0.25, 0.3) is 22.7 Å². The third-order valence-corrected chi connectivity index (χ3v) is 3.59. The molecule has 4 rings (SSSR count). The van der Waals surface area contributed by atoms with Gasteiger partial charge in [0.15, 0.2) is 5.65 Å². The summed E-state index contributed by atoms with van der Waals surface area (Å²) < 4.78 is 7.91. The van der Waals surface area contributed by atoms with Crippen LogP contribution in [-0.4, -0.2) is 19.1 Å². The molecule has 4 aromatic heterocycles. The minimum Gasteiger partial charge on any atom is -0.239 e. The molecule has 0 fully saturated rings. The number of rotatable bonds is 2. The van der Waals surface area contributed by atoms with Crippen LogP contribution in [0.5, 0.6) is 0 Å². The molecule has 22 heavy (non-hydrogen) atoms. The van der Waals surface area contributed by atoms with Gasteiger partial charge in [-0.05, 0) is 12.1 Å². The molecule has 0 radical (unpaired) electrons. The molecule has 0 unspecified atom stereocenters. The number of aromatic nitrogens is 6. The van der Waals surface area contributed by atoms with Crippen molar-refractivity contribution in [1.82, 2.24) is 19.1 Å². The molecule has 108 valence electrons. The van der Waals surface area contributed by atoms with Crippen molar-refractivity contribution >= 4 is 11.0 Å². The molecule has 0 aliphatic heterocycles. The molecule has 6 nitrogen and oxygen atoms in total. The van der Waals surface area contributed by atoms with Gasteiger partial charge >= 0.3 is 0 Å². The largest absolute Gasteiger partial charge is 0.250 e. The Bertz CT molecular complexity index is 891. The number of nitrogens with zero attached hydrogens (tertiary/aromatic N) is 6. The minimum atomic E-state index is 0.739. The van der Waals surface area contributed by atoms with Crippen LogP contribution in [0.15, 0.2) is 61.7 Å². The van der Waals surface area contributed by atoms with Crippen LogP contribution in [0.4, 0.5) is 0 Å². The van der Waals surface area contributed by atoms with E-state index in [0.29, 0.717) is 0 Å². The van der Waals surface area contributed by atoms with Crippen LogP contribution in [0, 0.1) is 0 Å². The highest BCUT2D eigenvalue weighted by atomic mass is 15.2. The molecule has 0 spiro atoms. The van der Waals surface area contributed by atoms with Crippen molar-refractivity contribution in [2.75, 3.05) is 0 Å². The van der Waals surface area contributed by atoms with Crippen molar-refractivity contribution < 1.29 is 9.13 Å². The van der Waals surface area contributed by atoms with E-state index < -0.39 is 0 Å². The lowest BCUT2D eigenvalue weighted by atomic mass is 10.3. The second-order valence-electron chi connectivity index (χ2n) is 5.36. The summed E-state index contributed by atoms with van der Waals surface area (Å²) in [6.07, 6.45) is 11.9. The fourth-order valence-electron chi connectivity index (χ4n) is 2.44. The Labute approximate surface area is 127 Å². The average Bonchev–Trinajstić information content (AvgIpc) is 3.15. The van der Waals surface area contributed by atoms with Gasteiger partial charge in [0.05, 0.1) is 14.1 Å². The Morgan fingerprint density at radius 2 is 1.27 bits per heavy atom. The van der Waals surface area contributed by atoms with E-state index in [1.165, 1.54) is 0 Å². The van der Waals surface area contributed by atoms with Crippen molar-refractivity contribution in [2.45, 2.75) is 0 Å². The van der Waals surface area contributed by atoms with Gasteiger partial charge in [0.1, 0.15) is 24.8 Å². The summed E-state index contributed by atoms with van der Waals surface area (Å²) in [5, 5.41) is 1.03. The number of hydrogen-bond donors (Lipinski definition) is 0.